The van der Waals surface area contributed by atoms with Crippen LogP contribution in [0.4, 0.5) is 4.79 Å². The summed E-state index contributed by atoms with van der Waals surface area (Å²) in [6.45, 7) is 0.636. The summed E-state index contributed by atoms with van der Waals surface area (Å²) in [5, 5.41) is 8.61. The van der Waals surface area contributed by atoms with E-state index in [-0.39, 0.29) is 6.42 Å². The third-order valence-corrected chi connectivity index (χ3v) is 2.43. The van der Waals surface area contributed by atoms with Gasteiger partial charge < -0.3 is 9.84 Å². The Kier molecular flexibility index (Phi) is 3.22. The van der Waals surface area contributed by atoms with Gasteiger partial charge in [-0.05, 0) is 12.1 Å². The fraction of sp³-hybridized carbons (Fsp3) is 0.364. The largest absolute Gasteiger partial charge is 0.481 e. The van der Waals surface area contributed by atoms with Gasteiger partial charge in [-0.25, -0.2) is 4.79 Å². The standard InChI is InChI=1S/C11H12N2O4/c14-10(15)5-9-7-13(11(16)17-9)6-8-3-1-2-4-12-8/h1-4,9H,5-7H2,(H,14,15). The molecule has 17 heavy (non-hydrogen) atoms. The number of hydrogen-bond acceptors (Lipinski definition) is 4. The Morgan fingerprint density at radius 3 is 3.06 bits per heavy atom. The van der Waals surface area contributed by atoms with E-state index >= 15 is 0 Å². The molecular weight excluding hydrogens is 224 g/mol. The highest BCUT2D eigenvalue weighted by molar-refractivity contribution is 5.72. The van der Waals surface area contributed by atoms with E-state index in [4.69, 9.17) is 9.84 Å². The fourth-order valence-corrected chi connectivity index (χ4v) is 1.69. The second-order valence-electron chi connectivity index (χ2n) is 3.81. The van der Waals surface area contributed by atoms with Gasteiger partial charge in [0.25, 0.3) is 0 Å². The molecule has 0 bridgehead atoms. The Hall–Kier alpha value is -2.11. The number of carboxylic acid groups (broad SMARTS) is 1. The smallest absolute Gasteiger partial charge is 0.410 e. The number of aromatic nitrogens is 1. The maximum Gasteiger partial charge on any atom is 0.410 e. The van der Waals surface area contributed by atoms with Crippen molar-refractivity contribution >= 4 is 12.1 Å². The van der Waals surface area contributed by atoms with Crippen LogP contribution >= 0.6 is 0 Å². The van der Waals surface area contributed by atoms with Gasteiger partial charge in [-0.2, -0.15) is 0 Å². The second kappa shape index (κ2) is 4.82. The molecule has 1 aromatic rings. The van der Waals surface area contributed by atoms with Crippen LogP contribution in [0, 0.1) is 0 Å². The Bertz CT molecular complexity index is 421. The Morgan fingerprint density at radius 2 is 2.41 bits per heavy atom. The molecule has 2 rings (SSSR count). The van der Waals surface area contributed by atoms with Crippen LogP contribution in [-0.4, -0.2) is 39.7 Å². The fourth-order valence-electron chi connectivity index (χ4n) is 1.69. The van der Waals surface area contributed by atoms with Crippen molar-refractivity contribution in [3.63, 3.8) is 0 Å². The normalized spacial score (nSPS) is 19.2. The Labute approximate surface area is 97.8 Å². The molecule has 0 spiro atoms. The average Bonchev–Trinajstić information content (AvgIpc) is 2.59. The van der Waals surface area contributed by atoms with Gasteiger partial charge in [-0.3, -0.25) is 14.7 Å². The summed E-state index contributed by atoms with van der Waals surface area (Å²) in [6.07, 6.45) is 0.432. The van der Waals surface area contributed by atoms with E-state index < -0.39 is 18.2 Å². The van der Waals surface area contributed by atoms with Crippen molar-refractivity contribution in [3.8, 4) is 0 Å². The van der Waals surface area contributed by atoms with E-state index in [1.165, 1.54) is 4.90 Å². The van der Waals surface area contributed by atoms with Crippen molar-refractivity contribution in [2.75, 3.05) is 6.54 Å². The number of carbonyl (C=O) groups is 2. The molecule has 6 nitrogen and oxygen atoms in total. The van der Waals surface area contributed by atoms with Crippen LogP contribution in [-0.2, 0) is 16.1 Å². The second-order valence-corrected chi connectivity index (χ2v) is 3.81. The maximum absolute atomic E-state index is 11.5. The highest BCUT2D eigenvalue weighted by Gasteiger charge is 2.32. The summed E-state index contributed by atoms with van der Waals surface area (Å²) in [4.78, 5) is 27.5. The van der Waals surface area contributed by atoms with Crippen LogP contribution in [0.3, 0.4) is 0 Å². The first-order chi connectivity index (χ1) is 8.15. The number of pyridine rings is 1. The van der Waals surface area contributed by atoms with Crippen LogP contribution in [0.2, 0.25) is 0 Å². The molecule has 1 aromatic heterocycles. The minimum Gasteiger partial charge on any atom is -0.481 e. The lowest BCUT2D eigenvalue weighted by Crippen LogP contribution is -2.25. The zero-order chi connectivity index (χ0) is 12.3. The molecule has 0 saturated carbocycles. The molecule has 1 unspecified atom stereocenters. The Morgan fingerprint density at radius 1 is 1.59 bits per heavy atom. The number of ether oxygens (including phenoxy) is 1. The van der Waals surface area contributed by atoms with Crippen LogP contribution in [0.1, 0.15) is 12.1 Å². The van der Waals surface area contributed by atoms with E-state index in [9.17, 15) is 9.59 Å². The predicted molar refractivity (Wildman–Crippen MR) is 57.2 cm³/mol. The molecule has 1 aliphatic rings. The summed E-state index contributed by atoms with van der Waals surface area (Å²) >= 11 is 0. The summed E-state index contributed by atoms with van der Waals surface area (Å²) in [5.41, 5.74) is 0.750. The lowest BCUT2D eigenvalue weighted by molar-refractivity contribution is -0.138. The van der Waals surface area contributed by atoms with Gasteiger partial charge in [0, 0.05) is 6.20 Å². The summed E-state index contributed by atoms with van der Waals surface area (Å²) < 4.78 is 4.94. The minimum atomic E-state index is -0.970. The monoisotopic (exact) mass is 236 g/mol. The summed E-state index contributed by atoms with van der Waals surface area (Å²) in [5.74, 6) is -0.970. The van der Waals surface area contributed by atoms with Crippen LogP contribution < -0.4 is 0 Å². The zero-order valence-electron chi connectivity index (χ0n) is 9.07. The molecule has 1 saturated heterocycles. The predicted octanol–water partition coefficient (Wildman–Crippen LogP) is 0.877. The molecular formula is C11H12N2O4. The Balaban J connectivity index is 1.95. The van der Waals surface area contributed by atoms with Gasteiger partial charge in [0.2, 0.25) is 0 Å². The molecule has 1 aliphatic heterocycles. The minimum absolute atomic E-state index is 0.162. The van der Waals surface area contributed by atoms with Gasteiger partial charge in [0.15, 0.2) is 0 Å². The van der Waals surface area contributed by atoms with E-state index in [0.29, 0.717) is 13.1 Å². The van der Waals surface area contributed by atoms with E-state index in [0.717, 1.165) is 5.69 Å². The molecule has 0 aromatic carbocycles. The van der Waals surface area contributed by atoms with E-state index in [1.807, 2.05) is 6.07 Å². The third kappa shape index (κ3) is 2.93. The number of rotatable bonds is 4. The number of amides is 1. The first-order valence-electron chi connectivity index (χ1n) is 5.22. The molecule has 1 N–H and O–H groups in total. The van der Waals surface area contributed by atoms with Crippen molar-refractivity contribution in [3.05, 3.63) is 30.1 Å². The quantitative estimate of drug-likeness (QED) is 0.839. The first-order valence-corrected chi connectivity index (χ1v) is 5.22. The topological polar surface area (TPSA) is 79.7 Å². The lowest BCUT2D eigenvalue weighted by Gasteiger charge is -2.11. The van der Waals surface area contributed by atoms with Crippen molar-refractivity contribution < 1.29 is 19.4 Å². The molecule has 90 valence electrons. The van der Waals surface area contributed by atoms with Crippen LogP contribution in [0.5, 0.6) is 0 Å². The van der Waals surface area contributed by atoms with Crippen LogP contribution in [0.25, 0.3) is 0 Å². The third-order valence-electron chi connectivity index (χ3n) is 2.43. The van der Waals surface area contributed by atoms with Gasteiger partial charge in [0.05, 0.1) is 25.2 Å². The summed E-state index contributed by atoms with van der Waals surface area (Å²) in [7, 11) is 0. The molecule has 2 heterocycles. The highest BCUT2D eigenvalue weighted by atomic mass is 16.6. The van der Waals surface area contributed by atoms with Gasteiger partial charge in [-0.1, -0.05) is 6.07 Å². The van der Waals surface area contributed by atoms with Gasteiger partial charge >= 0.3 is 12.1 Å². The van der Waals surface area contributed by atoms with Crippen molar-refractivity contribution in [1.29, 1.82) is 0 Å². The number of carbonyl (C=O) groups excluding carboxylic acids is 1. The molecule has 6 heteroatoms. The SMILES string of the molecule is O=C(O)CC1CN(Cc2ccccn2)C(=O)O1. The highest BCUT2D eigenvalue weighted by Crippen LogP contribution is 2.16. The van der Waals surface area contributed by atoms with E-state index in [1.54, 1.807) is 18.3 Å². The molecule has 1 amide bonds. The maximum atomic E-state index is 11.5. The number of aliphatic carboxylic acids is 1. The molecule has 1 fully saturated rings. The number of carboxylic acids is 1. The van der Waals surface area contributed by atoms with Gasteiger partial charge in [-0.15, -0.1) is 0 Å². The van der Waals surface area contributed by atoms with Crippen molar-refractivity contribution in [1.82, 2.24) is 9.88 Å². The van der Waals surface area contributed by atoms with Crippen molar-refractivity contribution in [2.24, 2.45) is 0 Å². The zero-order valence-corrected chi connectivity index (χ0v) is 9.07. The van der Waals surface area contributed by atoms with Crippen LogP contribution in [0.15, 0.2) is 24.4 Å². The molecule has 0 radical (unpaired) electrons. The number of hydrogen-bond donors (Lipinski definition) is 1. The average molecular weight is 236 g/mol. The molecule has 0 aliphatic carbocycles. The van der Waals surface area contributed by atoms with Gasteiger partial charge in [0.1, 0.15) is 6.10 Å². The first kappa shape index (κ1) is 11.4. The number of nitrogens with zero attached hydrogens (tertiary/aromatic N) is 2. The van der Waals surface area contributed by atoms with E-state index in [2.05, 4.69) is 4.98 Å². The summed E-state index contributed by atoms with van der Waals surface area (Å²) in [6, 6.07) is 5.43. The number of cyclic esters (lactones) is 1. The molecule has 1 atom stereocenters. The van der Waals surface area contributed by atoms with Crippen molar-refractivity contribution in [2.45, 2.75) is 19.1 Å². The lowest BCUT2D eigenvalue weighted by atomic mass is 10.2.